The molecule has 14 heteroatoms. The molecule has 4 aliphatic heterocycles. The quantitative estimate of drug-likeness (QED) is 0.278. The molecule has 0 aliphatic carbocycles. The van der Waals surface area contributed by atoms with Crippen LogP contribution in [0.3, 0.4) is 0 Å². The molecule has 5 N–H and O–H groups in total. The van der Waals surface area contributed by atoms with Gasteiger partial charge in [0.1, 0.15) is 12.2 Å². The second-order valence-electron chi connectivity index (χ2n) is 8.78. The molecule has 176 valence electrons. The van der Waals surface area contributed by atoms with Gasteiger partial charge in [0, 0.05) is 12.6 Å². The van der Waals surface area contributed by atoms with Crippen molar-refractivity contribution >= 4 is 36.2 Å². The number of ether oxygens (including phenoxy) is 1. The fourth-order valence-electron chi connectivity index (χ4n) is 4.97. The van der Waals surface area contributed by atoms with Crippen LogP contribution in [0.1, 0.15) is 25.5 Å². The first-order valence-corrected chi connectivity index (χ1v) is 12.8. The number of hydrogen-bond donors (Lipinski definition) is 5. The van der Waals surface area contributed by atoms with Crippen molar-refractivity contribution in [3.8, 4) is 0 Å². The van der Waals surface area contributed by atoms with Crippen molar-refractivity contribution < 1.29 is 29.3 Å². The third-order valence-corrected chi connectivity index (χ3v) is 7.70. The summed E-state index contributed by atoms with van der Waals surface area (Å²) in [6, 6.07) is 0.226. The largest absolute Gasteiger partial charge is 0.388 e. The SMILES string of the molecule is O=P(O)(O)CCC1OC(n2cnc3c(NC4CN5CCC4CC5)nc(Cl)nc32)C(O)C1O. The lowest BCUT2D eigenvalue weighted by molar-refractivity contribution is -0.0355. The van der Waals surface area contributed by atoms with E-state index in [1.165, 1.54) is 10.9 Å². The van der Waals surface area contributed by atoms with Crippen LogP contribution in [0.4, 0.5) is 5.82 Å². The maximum Gasteiger partial charge on any atom is 0.325 e. The molecule has 4 fully saturated rings. The summed E-state index contributed by atoms with van der Waals surface area (Å²) in [6.45, 7) is 3.14. The topological polar surface area (TPSA) is 166 Å². The van der Waals surface area contributed by atoms with E-state index in [4.69, 9.17) is 26.1 Å². The fourth-order valence-corrected chi connectivity index (χ4v) is 5.73. The normalized spacial score (nSPS) is 35.0. The van der Waals surface area contributed by atoms with E-state index in [2.05, 4.69) is 25.2 Å². The lowest BCUT2D eigenvalue weighted by Gasteiger charge is -2.45. The number of imidazole rings is 1. The van der Waals surface area contributed by atoms with Gasteiger partial charge >= 0.3 is 7.60 Å². The summed E-state index contributed by atoms with van der Waals surface area (Å²) in [4.78, 5) is 33.6. The highest BCUT2D eigenvalue weighted by Crippen LogP contribution is 2.40. The predicted octanol–water partition coefficient (Wildman–Crippen LogP) is 0.173. The van der Waals surface area contributed by atoms with Crippen LogP contribution in [-0.4, -0.2) is 94.6 Å². The van der Waals surface area contributed by atoms with Crippen LogP contribution in [0.2, 0.25) is 5.28 Å². The zero-order chi connectivity index (χ0) is 22.6. The van der Waals surface area contributed by atoms with Crippen molar-refractivity contribution in [3.05, 3.63) is 11.6 Å². The molecule has 12 nitrogen and oxygen atoms in total. The number of halogens is 1. The molecular weight excluding hydrogens is 463 g/mol. The van der Waals surface area contributed by atoms with Crippen LogP contribution in [0.5, 0.6) is 0 Å². The van der Waals surface area contributed by atoms with Gasteiger partial charge in [-0.15, -0.1) is 0 Å². The molecule has 4 saturated heterocycles. The second-order valence-corrected chi connectivity index (χ2v) is 10.9. The molecule has 4 aliphatic rings. The van der Waals surface area contributed by atoms with E-state index in [-0.39, 0.29) is 17.7 Å². The van der Waals surface area contributed by atoms with E-state index >= 15 is 0 Å². The number of aliphatic hydroxyl groups is 2. The lowest BCUT2D eigenvalue weighted by Crippen LogP contribution is -2.53. The first-order valence-electron chi connectivity index (χ1n) is 10.6. The van der Waals surface area contributed by atoms with Crippen molar-refractivity contribution in [2.45, 2.75) is 49.8 Å². The molecule has 0 saturated carbocycles. The van der Waals surface area contributed by atoms with Crippen LogP contribution in [-0.2, 0) is 9.30 Å². The summed E-state index contributed by atoms with van der Waals surface area (Å²) >= 11 is 6.20. The van der Waals surface area contributed by atoms with E-state index in [1.54, 1.807) is 0 Å². The average Bonchev–Trinajstić information content (AvgIpc) is 3.28. The molecule has 2 aromatic heterocycles. The smallest absolute Gasteiger partial charge is 0.325 e. The van der Waals surface area contributed by atoms with E-state index in [0.717, 1.165) is 32.5 Å². The number of aromatic nitrogens is 4. The van der Waals surface area contributed by atoms with Crippen LogP contribution in [0, 0.1) is 5.92 Å². The highest BCUT2D eigenvalue weighted by atomic mass is 35.5. The Hall–Kier alpha value is -1.37. The Morgan fingerprint density at radius 3 is 2.62 bits per heavy atom. The maximum absolute atomic E-state index is 11.2. The Bertz CT molecular complexity index is 1040. The molecule has 0 amide bonds. The Kier molecular flexibility index (Phi) is 5.92. The Balaban J connectivity index is 1.40. The predicted molar refractivity (Wildman–Crippen MR) is 114 cm³/mol. The number of rotatable bonds is 6. The first-order chi connectivity index (χ1) is 15.2. The van der Waals surface area contributed by atoms with Crippen LogP contribution in [0.15, 0.2) is 6.33 Å². The van der Waals surface area contributed by atoms with Crippen LogP contribution >= 0.6 is 19.2 Å². The van der Waals surface area contributed by atoms with Gasteiger partial charge in [-0.1, -0.05) is 0 Å². The number of aliphatic hydroxyl groups excluding tert-OH is 2. The number of anilines is 1. The highest BCUT2D eigenvalue weighted by Gasteiger charge is 2.45. The van der Waals surface area contributed by atoms with Gasteiger partial charge in [0.15, 0.2) is 23.2 Å². The summed E-state index contributed by atoms with van der Waals surface area (Å²) in [7, 11) is -4.26. The fraction of sp³-hybridized carbons (Fsp3) is 0.722. The van der Waals surface area contributed by atoms with Crippen LogP contribution in [0.25, 0.3) is 11.2 Å². The monoisotopic (exact) mass is 488 g/mol. The molecule has 6 rings (SSSR count). The summed E-state index contributed by atoms with van der Waals surface area (Å²) in [6.07, 6.45) is -1.49. The number of hydrogen-bond acceptors (Lipinski definition) is 9. The van der Waals surface area contributed by atoms with E-state index < -0.39 is 38.3 Å². The van der Waals surface area contributed by atoms with Crippen molar-refractivity contribution in [1.29, 1.82) is 0 Å². The van der Waals surface area contributed by atoms with Gasteiger partial charge in [0.2, 0.25) is 5.28 Å². The Morgan fingerprint density at radius 1 is 1.22 bits per heavy atom. The number of nitrogens with zero attached hydrogens (tertiary/aromatic N) is 5. The van der Waals surface area contributed by atoms with Gasteiger partial charge in [-0.3, -0.25) is 9.13 Å². The van der Waals surface area contributed by atoms with Gasteiger partial charge in [-0.2, -0.15) is 9.97 Å². The zero-order valence-corrected chi connectivity index (χ0v) is 18.8. The molecule has 0 aromatic carbocycles. The molecule has 2 aromatic rings. The minimum absolute atomic E-state index is 0.00843. The Labute approximate surface area is 188 Å². The van der Waals surface area contributed by atoms with E-state index in [1.807, 2.05) is 0 Å². The highest BCUT2D eigenvalue weighted by molar-refractivity contribution is 7.51. The minimum Gasteiger partial charge on any atom is -0.388 e. The first kappa shape index (κ1) is 22.4. The molecule has 5 atom stereocenters. The molecule has 0 spiro atoms. The van der Waals surface area contributed by atoms with Crippen molar-refractivity contribution in [3.63, 3.8) is 0 Å². The summed E-state index contributed by atoms with van der Waals surface area (Å²) in [5.41, 5.74) is 0.801. The van der Waals surface area contributed by atoms with Crippen LogP contribution < -0.4 is 5.32 Å². The molecule has 0 radical (unpaired) electrons. The molecule has 6 heterocycles. The summed E-state index contributed by atoms with van der Waals surface area (Å²) < 4.78 is 18.4. The number of fused-ring (bicyclic) bond motifs is 4. The third kappa shape index (κ3) is 4.26. The Morgan fingerprint density at radius 2 is 1.97 bits per heavy atom. The molecular formula is C18H26ClN6O6P. The molecule has 5 unspecified atom stereocenters. The van der Waals surface area contributed by atoms with E-state index in [9.17, 15) is 14.8 Å². The summed E-state index contributed by atoms with van der Waals surface area (Å²) in [5, 5.41) is 24.4. The van der Waals surface area contributed by atoms with Gasteiger partial charge in [0.05, 0.1) is 18.6 Å². The van der Waals surface area contributed by atoms with Crippen molar-refractivity contribution in [2.24, 2.45) is 5.92 Å². The van der Waals surface area contributed by atoms with E-state index in [0.29, 0.717) is 22.9 Å². The van der Waals surface area contributed by atoms with Crippen molar-refractivity contribution in [2.75, 3.05) is 31.1 Å². The third-order valence-electron chi connectivity index (χ3n) is 6.69. The lowest BCUT2D eigenvalue weighted by atomic mass is 9.84. The average molecular weight is 489 g/mol. The van der Waals surface area contributed by atoms with Gasteiger partial charge in [-0.05, 0) is 49.9 Å². The number of piperidine rings is 3. The minimum atomic E-state index is -4.26. The maximum atomic E-state index is 11.2. The summed E-state index contributed by atoms with van der Waals surface area (Å²) in [5.74, 6) is 1.05. The van der Waals surface area contributed by atoms with Gasteiger partial charge < -0.3 is 35.0 Å². The standard InChI is InChI=1S/C18H26ClN6O6P/c19-18-22-15(21-10-7-24-4-1-9(10)2-5-24)12-16(23-18)25(8-20-12)17-14(27)13(26)11(31-17)3-6-32(28,29)30/h8-11,13-14,17,26-27H,1-7H2,(H,21,22,23)(H2,28,29,30). The molecule has 2 bridgehead atoms. The van der Waals surface area contributed by atoms with Gasteiger partial charge in [0.25, 0.3) is 0 Å². The van der Waals surface area contributed by atoms with Gasteiger partial charge in [-0.25, -0.2) is 4.98 Å². The number of nitrogens with one attached hydrogen (secondary N) is 1. The zero-order valence-electron chi connectivity index (χ0n) is 17.2. The van der Waals surface area contributed by atoms with Crippen molar-refractivity contribution in [1.82, 2.24) is 24.4 Å². The second kappa shape index (κ2) is 8.44. The molecule has 32 heavy (non-hydrogen) atoms.